The first-order chi connectivity index (χ1) is 9.02. The van der Waals surface area contributed by atoms with Gasteiger partial charge in [-0.25, -0.2) is 0 Å². The fourth-order valence-corrected chi connectivity index (χ4v) is 1.58. The highest BCUT2D eigenvalue weighted by Crippen LogP contribution is 2.08. The van der Waals surface area contributed by atoms with E-state index in [2.05, 4.69) is 16.0 Å². The molecule has 0 bridgehead atoms. The van der Waals surface area contributed by atoms with Crippen LogP contribution in [0.5, 0.6) is 0 Å². The van der Waals surface area contributed by atoms with Gasteiger partial charge >= 0.3 is 0 Å². The number of benzene rings is 1. The summed E-state index contributed by atoms with van der Waals surface area (Å²) in [7, 11) is 0. The molecule has 0 aliphatic heterocycles. The summed E-state index contributed by atoms with van der Waals surface area (Å²) in [5, 5.41) is 8.45. The molecule has 2 amide bonds. The van der Waals surface area contributed by atoms with E-state index in [4.69, 9.17) is 0 Å². The minimum absolute atomic E-state index is 0.00796. The van der Waals surface area contributed by atoms with Crippen molar-refractivity contribution in [1.29, 1.82) is 0 Å². The Morgan fingerprint density at radius 3 is 2.32 bits per heavy atom. The summed E-state index contributed by atoms with van der Waals surface area (Å²) < 4.78 is 0. The van der Waals surface area contributed by atoms with Gasteiger partial charge in [0.1, 0.15) is 0 Å². The first-order valence-corrected chi connectivity index (χ1v) is 6.44. The van der Waals surface area contributed by atoms with Crippen molar-refractivity contribution in [3.05, 3.63) is 29.8 Å². The van der Waals surface area contributed by atoms with Crippen molar-refractivity contribution in [2.45, 2.75) is 26.8 Å². The molecular formula is C14H21N3O2. The van der Waals surface area contributed by atoms with Gasteiger partial charge in [0.05, 0.1) is 6.54 Å². The van der Waals surface area contributed by atoms with E-state index in [0.717, 1.165) is 12.2 Å². The van der Waals surface area contributed by atoms with Gasteiger partial charge in [-0.05, 0) is 45.0 Å². The Bertz CT molecular complexity index is 427. The van der Waals surface area contributed by atoms with Crippen LogP contribution in [0, 0.1) is 0 Å². The molecule has 0 radical (unpaired) electrons. The van der Waals surface area contributed by atoms with Crippen LogP contribution in [-0.2, 0) is 4.79 Å². The van der Waals surface area contributed by atoms with Crippen molar-refractivity contribution in [1.82, 2.24) is 10.6 Å². The maximum absolute atomic E-state index is 11.8. The van der Waals surface area contributed by atoms with Crippen LogP contribution in [0.2, 0.25) is 0 Å². The summed E-state index contributed by atoms with van der Waals surface area (Å²) in [6, 6.07) is 7.21. The largest absolute Gasteiger partial charge is 0.385 e. The van der Waals surface area contributed by atoms with E-state index in [1.54, 1.807) is 12.1 Å². The molecule has 19 heavy (non-hydrogen) atoms. The summed E-state index contributed by atoms with van der Waals surface area (Å²) in [5.74, 6) is -0.436. The molecule has 1 aromatic carbocycles. The van der Waals surface area contributed by atoms with Crippen molar-refractivity contribution in [2.75, 3.05) is 18.4 Å². The lowest BCUT2D eigenvalue weighted by atomic mass is 10.2. The Kier molecular flexibility index (Phi) is 5.85. The van der Waals surface area contributed by atoms with Crippen LogP contribution in [-0.4, -0.2) is 30.9 Å². The predicted molar refractivity (Wildman–Crippen MR) is 76.2 cm³/mol. The molecule has 0 aliphatic carbocycles. The van der Waals surface area contributed by atoms with E-state index >= 15 is 0 Å². The van der Waals surface area contributed by atoms with E-state index in [1.165, 1.54) is 0 Å². The van der Waals surface area contributed by atoms with Gasteiger partial charge in [-0.2, -0.15) is 0 Å². The Morgan fingerprint density at radius 1 is 1.16 bits per heavy atom. The second-order valence-corrected chi connectivity index (χ2v) is 4.51. The van der Waals surface area contributed by atoms with Gasteiger partial charge in [-0.1, -0.05) is 0 Å². The molecule has 3 N–H and O–H groups in total. The zero-order chi connectivity index (χ0) is 14.3. The number of anilines is 1. The van der Waals surface area contributed by atoms with E-state index in [9.17, 15) is 9.59 Å². The van der Waals surface area contributed by atoms with Gasteiger partial charge in [0.25, 0.3) is 5.91 Å². The lowest BCUT2D eigenvalue weighted by Crippen LogP contribution is -2.39. The van der Waals surface area contributed by atoms with E-state index < -0.39 is 0 Å². The van der Waals surface area contributed by atoms with Gasteiger partial charge in [-0.3, -0.25) is 9.59 Å². The van der Waals surface area contributed by atoms with E-state index in [-0.39, 0.29) is 24.4 Å². The number of rotatable bonds is 6. The van der Waals surface area contributed by atoms with Gasteiger partial charge in [-0.15, -0.1) is 0 Å². The fraction of sp³-hybridized carbons (Fsp3) is 0.429. The quantitative estimate of drug-likeness (QED) is 0.726. The highest BCUT2D eigenvalue weighted by molar-refractivity contribution is 5.96. The number of carbonyl (C=O) groups excluding carboxylic acids is 2. The Morgan fingerprint density at radius 2 is 1.79 bits per heavy atom. The van der Waals surface area contributed by atoms with Crippen LogP contribution in [0.15, 0.2) is 24.3 Å². The second-order valence-electron chi connectivity index (χ2n) is 4.51. The number of amides is 2. The molecule has 0 saturated heterocycles. The van der Waals surface area contributed by atoms with Gasteiger partial charge < -0.3 is 16.0 Å². The van der Waals surface area contributed by atoms with Crippen LogP contribution in [0.1, 0.15) is 31.1 Å². The smallest absolute Gasteiger partial charge is 0.251 e. The average Bonchev–Trinajstić information content (AvgIpc) is 2.36. The Hall–Kier alpha value is -2.04. The maximum Gasteiger partial charge on any atom is 0.251 e. The minimum atomic E-state index is -0.248. The summed E-state index contributed by atoms with van der Waals surface area (Å²) in [4.78, 5) is 23.2. The van der Waals surface area contributed by atoms with Crippen LogP contribution in [0.4, 0.5) is 5.69 Å². The SMILES string of the molecule is CCNc1ccc(C(=O)NCC(=O)NC(C)C)cc1. The molecule has 0 unspecified atom stereocenters. The average molecular weight is 263 g/mol. The highest BCUT2D eigenvalue weighted by Gasteiger charge is 2.08. The molecule has 0 heterocycles. The monoisotopic (exact) mass is 263 g/mol. The van der Waals surface area contributed by atoms with Crippen LogP contribution in [0.3, 0.4) is 0 Å². The van der Waals surface area contributed by atoms with Gasteiger partial charge in [0, 0.05) is 23.8 Å². The summed E-state index contributed by atoms with van der Waals surface area (Å²) >= 11 is 0. The fourth-order valence-electron chi connectivity index (χ4n) is 1.58. The molecule has 0 atom stereocenters. The maximum atomic E-state index is 11.8. The standard InChI is InChI=1S/C14H21N3O2/c1-4-15-12-7-5-11(6-8-12)14(19)16-9-13(18)17-10(2)3/h5-8,10,15H,4,9H2,1-3H3,(H,16,19)(H,17,18). The third-order valence-corrected chi connectivity index (χ3v) is 2.39. The topological polar surface area (TPSA) is 70.2 Å². The summed E-state index contributed by atoms with van der Waals surface area (Å²) in [5.41, 5.74) is 1.51. The van der Waals surface area contributed by atoms with Crippen molar-refractivity contribution < 1.29 is 9.59 Å². The number of carbonyl (C=O) groups is 2. The van der Waals surface area contributed by atoms with Crippen LogP contribution < -0.4 is 16.0 Å². The van der Waals surface area contributed by atoms with Gasteiger partial charge in [0.15, 0.2) is 0 Å². The molecule has 0 fully saturated rings. The predicted octanol–water partition coefficient (Wildman–Crippen LogP) is 1.37. The molecule has 5 heteroatoms. The number of hydrogen-bond donors (Lipinski definition) is 3. The molecular weight excluding hydrogens is 242 g/mol. The first-order valence-electron chi connectivity index (χ1n) is 6.44. The molecule has 0 saturated carbocycles. The number of hydrogen-bond acceptors (Lipinski definition) is 3. The third-order valence-electron chi connectivity index (χ3n) is 2.39. The number of nitrogens with one attached hydrogen (secondary N) is 3. The zero-order valence-electron chi connectivity index (χ0n) is 11.6. The molecule has 104 valence electrons. The molecule has 1 aromatic rings. The van der Waals surface area contributed by atoms with Crippen molar-refractivity contribution in [3.8, 4) is 0 Å². The van der Waals surface area contributed by atoms with Crippen molar-refractivity contribution in [3.63, 3.8) is 0 Å². The molecule has 5 nitrogen and oxygen atoms in total. The first kappa shape index (κ1) is 15.0. The van der Waals surface area contributed by atoms with Crippen LogP contribution >= 0.6 is 0 Å². The molecule has 0 aromatic heterocycles. The summed E-state index contributed by atoms with van der Waals surface area (Å²) in [6.45, 7) is 6.58. The Labute approximate surface area is 113 Å². The zero-order valence-corrected chi connectivity index (χ0v) is 11.6. The summed E-state index contributed by atoms with van der Waals surface area (Å²) in [6.07, 6.45) is 0. The minimum Gasteiger partial charge on any atom is -0.385 e. The lowest BCUT2D eigenvalue weighted by Gasteiger charge is -2.09. The third kappa shape index (κ3) is 5.42. The van der Waals surface area contributed by atoms with Crippen molar-refractivity contribution >= 4 is 17.5 Å². The lowest BCUT2D eigenvalue weighted by molar-refractivity contribution is -0.120. The molecule has 0 spiro atoms. The van der Waals surface area contributed by atoms with Gasteiger partial charge in [0.2, 0.25) is 5.91 Å². The highest BCUT2D eigenvalue weighted by atomic mass is 16.2. The molecule has 1 rings (SSSR count). The molecule has 0 aliphatic rings. The van der Waals surface area contributed by atoms with E-state index in [1.807, 2.05) is 32.9 Å². The van der Waals surface area contributed by atoms with Crippen LogP contribution in [0.25, 0.3) is 0 Å². The Balaban J connectivity index is 2.47. The second kappa shape index (κ2) is 7.41. The normalized spacial score (nSPS) is 10.1. The van der Waals surface area contributed by atoms with E-state index in [0.29, 0.717) is 5.56 Å². The van der Waals surface area contributed by atoms with Crippen molar-refractivity contribution in [2.24, 2.45) is 0 Å².